The number of para-hydroxylation sites is 1. The third-order valence-corrected chi connectivity index (χ3v) is 3.22. The van der Waals surface area contributed by atoms with E-state index in [-0.39, 0.29) is 0 Å². The van der Waals surface area contributed by atoms with Crippen molar-refractivity contribution in [2.24, 2.45) is 0 Å². The van der Waals surface area contributed by atoms with Crippen molar-refractivity contribution in [3.8, 4) is 5.88 Å². The average Bonchev–Trinajstić information content (AvgIpc) is 2.50. The van der Waals surface area contributed by atoms with Crippen LogP contribution in [0.25, 0.3) is 10.9 Å². The van der Waals surface area contributed by atoms with Crippen molar-refractivity contribution in [3.05, 3.63) is 48.2 Å². The van der Waals surface area contributed by atoms with E-state index in [1.165, 1.54) is 0 Å². The molecule has 2 aromatic heterocycles. The quantitative estimate of drug-likeness (QED) is 0.770. The van der Waals surface area contributed by atoms with Crippen LogP contribution in [0.3, 0.4) is 0 Å². The number of aromatic nitrogens is 2. The van der Waals surface area contributed by atoms with Crippen LogP contribution in [-0.2, 0) is 0 Å². The SMILES string of the molecule is COc1ccc(N)c(Nc2cccc3ccc(C)nc23)n1. The summed E-state index contributed by atoms with van der Waals surface area (Å²) in [4.78, 5) is 8.91. The van der Waals surface area contributed by atoms with Crippen molar-refractivity contribution in [2.45, 2.75) is 6.92 Å². The summed E-state index contributed by atoms with van der Waals surface area (Å²) in [7, 11) is 1.57. The first-order valence-electron chi connectivity index (χ1n) is 6.61. The number of methoxy groups -OCH3 is 1. The van der Waals surface area contributed by atoms with E-state index in [1.807, 2.05) is 37.3 Å². The molecule has 0 atom stereocenters. The molecule has 5 nitrogen and oxygen atoms in total. The van der Waals surface area contributed by atoms with E-state index in [1.54, 1.807) is 19.2 Å². The van der Waals surface area contributed by atoms with Crippen molar-refractivity contribution in [3.63, 3.8) is 0 Å². The number of nitrogen functional groups attached to an aromatic ring is 1. The third-order valence-electron chi connectivity index (χ3n) is 3.22. The second kappa shape index (κ2) is 5.28. The summed E-state index contributed by atoms with van der Waals surface area (Å²) in [5, 5.41) is 4.30. The Hall–Kier alpha value is -2.82. The van der Waals surface area contributed by atoms with Crippen LogP contribution >= 0.6 is 0 Å². The minimum Gasteiger partial charge on any atom is -0.481 e. The number of aryl methyl sites for hydroxylation is 1. The summed E-state index contributed by atoms with van der Waals surface area (Å²) in [5.41, 5.74) is 9.24. The van der Waals surface area contributed by atoms with Crippen LogP contribution in [0.5, 0.6) is 5.88 Å². The van der Waals surface area contributed by atoms with Crippen LogP contribution in [0.2, 0.25) is 0 Å². The molecule has 0 aliphatic rings. The number of fused-ring (bicyclic) bond motifs is 1. The molecule has 0 bridgehead atoms. The Morgan fingerprint density at radius 2 is 1.90 bits per heavy atom. The zero-order valence-electron chi connectivity index (χ0n) is 11.9. The number of nitrogens with zero attached hydrogens (tertiary/aromatic N) is 2. The monoisotopic (exact) mass is 280 g/mol. The van der Waals surface area contributed by atoms with Crippen molar-refractivity contribution in [1.29, 1.82) is 0 Å². The van der Waals surface area contributed by atoms with E-state index in [0.29, 0.717) is 17.4 Å². The predicted octanol–water partition coefficient (Wildman–Crippen LogP) is 3.27. The van der Waals surface area contributed by atoms with Crippen molar-refractivity contribution < 1.29 is 4.74 Å². The Bertz CT molecular complexity index is 801. The second-order valence-corrected chi connectivity index (χ2v) is 4.75. The Balaban J connectivity index is 2.08. The molecule has 0 saturated carbocycles. The molecule has 0 spiro atoms. The van der Waals surface area contributed by atoms with E-state index in [2.05, 4.69) is 15.3 Å². The molecule has 0 unspecified atom stereocenters. The topological polar surface area (TPSA) is 73.1 Å². The smallest absolute Gasteiger partial charge is 0.215 e. The molecule has 0 saturated heterocycles. The maximum Gasteiger partial charge on any atom is 0.215 e. The number of ether oxygens (including phenoxy) is 1. The Morgan fingerprint density at radius 1 is 1.05 bits per heavy atom. The lowest BCUT2D eigenvalue weighted by Gasteiger charge is -2.11. The molecule has 0 aliphatic carbocycles. The highest BCUT2D eigenvalue weighted by Crippen LogP contribution is 2.28. The molecular weight excluding hydrogens is 264 g/mol. The van der Waals surface area contributed by atoms with Gasteiger partial charge in [0, 0.05) is 17.1 Å². The Kier molecular flexibility index (Phi) is 3.31. The Morgan fingerprint density at radius 3 is 2.71 bits per heavy atom. The summed E-state index contributed by atoms with van der Waals surface area (Å²) in [6, 6.07) is 13.5. The Labute approximate surface area is 122 Å². The number of hydrogen-bond acceptors (Lipinski definition) is 5. The van der Waals surface area contributed by atoms with Gasteiger partial charge >= 0.3 is 0 Å². The second-order valence-electron chi connectivity index (χ2n) is 4.75. The minimum atomic E-state index is 0.510. The van der Waals surface area contributed by atoms with E-state index >= 15 is 0 Å². The standard InChI is InChI=1S/C16H16N4O/c1-10-6-7-11-4-3-5-13(15(11)18-10)19-16-12(17)8-9-14(20-16)21-2/h3-9H,17H2,1-2H3,(H,19,20). The van der Waals surface area contributed by atoms with Gasteiger partial charge in [0.15, 0.2) is 5.82 Å². The van der Waals surface area contributed by atoms with Crippen LogP contribution in [0, 0.1) is 6.92 Å². The molecule has 3 rings (SSSR count). The molecule has 0 fully saturated rings. The minimum absolute atomic E-state index is 0.510. The molecule has 5 heteroatoms. The van der Waals surface area contributed by atoms with E-state index in [4.69, 9.17) is 10.5 Å². The molecule has 0 radical (unpaired) electrons. The molecule has 0 aliphatic heterocycles. The molecular formula is C16H16N4O. The van der Waals surface area contributed by atoms with Gasteiger partial charge in [0.1, 0.15) is 0 Å². The third kappa shape index (κ3) is 2.58. The summed E-state index contributed by atoms with van der Waals surface area (Å²) in [6.45, 7) is 1.97. The van der Waals surface area contributed by atoms with Gasteiger partial charge in [-0.3, -0.25) is 4.98 Å². The van der Waals surface area contributed by atoms with Gasteiger partial charge < -0.3 is 15.8 Å². The van der Waals surface area contributed by atoms with Crippen molar-refractivity contribution >= 4 is 28.1 Å². The van der Waals surface area contributed by atoms with Crippen molar-refractivity contribution in [2.75, 3.05) is 18.2 Å². The lowest BCUT2D eigenvalue weighted by Crippen LogP contribution is -2.01. The number of hydrogen-bond donors (Lipinski definition) is 2. The lowest BCUT2D eigenvalue weighted by molar-refractivity contribution is 0.398. The van der Waals surface area contributed by atoms with Crippen LogP contribution < -0.4 is 15.8 Å². The van der Waals surface area contributed by atoms with Gasteiger partial charge in [-0.1, -0.05) is 18.2 Å². The number of benzene rings is 1. The van der Waals surface area contributed by atoms with Crippen LogP contribution in [0.4, 0.5) is 17.2 Å². The zero-order chi connectivity index (χ0) is 14.8. The van der Waals surface area contributed by atoms with E-state index < -0.39 is 0 Å². The summed E-state index contributed by atoms with van der Waals surface area (Å²) >= 11 is 0. The van der Waals surface area contributed by atoms with Gasteiger partial charge in [-0.25, -0.2) is 0 Å². The number of nitrogens with one attached hydrogen (secondary N) is 1. The van der Waals surface area contributed by atoms with Crippen LogP contribution in [0.1, 0.15) is 5.69 Å². The van der Waals surface area contributed by atoms with Gasteiger partial charge in [-0.2, -0.15) is 4.98 Å². The molecule has 2 heterocycles. The summed E-state index contributed by atoms with van der Waals surface area (Å²) in [6.07, 6.45) is 0. The number of rotatable bonds is 3. The fourth-order valence-electron chi connectivity index (χ4n) is 2.14. The molecule has 0 amide bonds. The van der Waals surface area contributed by atoms with Gasteiger partial charge in [-0.15, -0.1) is 0 Å². The van der Waals surface area contributed by atoms with Crippen molar-refractivity contribution in [1.82, 2.24) is 9.97 Å². The number of anilines is 3. The predicted molar refractivity (Wildman–Crippen MR) is 85.0 cm³/mol. The van der Waals surface area contributed by atoms with Gasteiger partial charge in [0.05, 0.1) is 24.0 Å². The summed E-state index contributed by atoms with van der Waals surface area (Å²) in [5.74, 6) is 1.07. The van der Waals surface area contributed by atoms with Gasteiger partial charge in [-0.05, 0) is 25.1 Å². The first kappa shape index (κ1) is 13.2. The van der Waals surface area contributed by atoms with Gasteiger partial charge in [0.2, 0.25) is 5.88 Å². The fraction of sp³-hybridized carbons (Fsp3) is 0.125. The number of nitrogens with two attached hydrogens (primary N) is 1. The van der Waals surface area contributed by atoms with Crippen LogP contribution in [-0.4, -0.2) is 17.1 Å². The average molecular weight is 280 g/mol. The lowest BCUT2D eigenvalue weighted by atomic mass is 10.1. The molecule has 106 valence electrons. The highest BCUT2D eigenvalue weighted by molar-refractivity contribution is 5.92. The zero-order valence-corrected chi connectivity index (χ0v) is 11.9. The normalized spacial score (nSPS) is 10.6. The fourth-order valence-corrected chi connectivity index (χ4v) is 2.14. The number of pyridine rings is 2. The van der Waals surface area contributed by atoms with Crippen LogP contribution in [0.15, 0.2) is 42.5 Å². The van der Waals surface area contributed by atoms with Gasteiger partial charge in [0.25, 0.3) is 0 Å². The molecule has 21 heavy (non-hydrogen) atoms. The molecule has 3 N–H and O–H groups in total. The van der Waals surface area contributed by atoms with E-state index in [9.17, 15) is 0 Å². The maximum atomic E-state index is 5.96. The highest BCUT2D eigenvalue weighted by Gasteiger charge is 2.07. The largest absolute Gasteiger partial charge is 0.481 e. The summed E-state index contributed by atoms with van der Waals surface area (Å²) < 4.78 is 5.13. The first-order valence-corrected chi connectivity index (χ1v) is 6.61. The van der Waals surface area contributed by atoms with E-state index in [0.717, 1.165) is 22.3 Å². The maximum absolute atomic E-state index is 5.96. The molecule has 1 aromatic carbocycles. The first-order chi connectivity index (χ1) is 10.2. The molecule has 3 aromatic rings. The highest BCUT2D eigenvalue weighted by atomic mass is 16.5.